The molecule has 4 nitrogen and oxygen atoms in total. The molecule has 2 aromatic carbocycles. The predicted octanol–water partition coefficient (Wildman–Crippen LogP) is 3.22. The average molecular weight is 311 g/mol. The Morgan fingerprint density at radius 1 is 1.17 bits per heavy atom. The summed E-state index contributed by atoms with van der Waals surface area (Å²) in [7, 11) is 3.23. The fourth-order valence-electron chi connectivity index (χ4n) is 3.21. The zero-order valence-electron chi connectivity index (χ0n) is 13.7. The summed E-state index contributed by atoms with van der Waals surface area (Å²) < 4.78 is 10.6. The first-order chi connectivity index (χ1) is 11.1. The van der Waals surface area contributed by atoms with Gasteiger partial charge in [-0.1, -0.05) is 18.2 Å². The number of hydrogen-bond acceptors (Lipinski definition) is 3. The molecule has 0 saturated carbocycles. The molecule has 0 aromatic heterocycles. The molecule has 0 radical (unpaired) electrons. The van der Waals surface area contributed by atoms with Gasteiger partial charge in [-0.3, -0.25) is 4.79 Å². The molecule has 3 rings (SSSR count). The Morgan fingerprint density at radius 3 is 2.70 bits per heavy atom. The Kier molecular flexibility index (Phi) is 4.24. The van der Waals surface area contributed by atoms with E-state index < -0.39 is 0 Å². The first-order valence-corrected chi connectivity index (χ1v) is 7.75. The van der Waals surface area contributed by atoms with E-state index in [9.17, 15) is 4.79 Å². The number of carbonyl (C=O) groups excluding carboxylic acids is 1. The number of hydrogen-bond donors (Lipinski definition) is 0. The lowest BCUT2D eigenvalue weighted by molar-refractivity contribution is -0.118. The minimum absolute atomic E-state index is 0.0778. The summed E-state index contributed by atoms with van der Waals surface area (Å²) in [5, 5.41) is 0. The second-order valence-electron chi connectivity index (χ2n) is 5.80. The smallest absolute Gasteiger partial charge is 0.231 e. The minimum Gasteiger partial charge on any atom is -0.497 e. The van der Waals surface area contributed by atoms with Crippen LogP contribution in [0.25, 0.3) is 0 Å². The third-order valence-electron chi connectivity index (χ3n) is 4.31. The van der Waals surface area contributed by atoms with Crippen LogP contribution in [0.2, 0.25) is 0 Å². The van der Waals surface area contributed by atoms with Gasteiger partial charge in [0.15, 0.2) is 0 Å². The Bertz CT molecular complexity index is 726. The number of rotatable bonds is 4. The van der Waals surface area contributed by atoms with E-state index in [1.807, 2.05) is 41.3 Å². The fraction of sp³-hybridized carbons (Fsp3) is 0.316. The van der Waals surface area contributed by atoms with Crippen LogP contribution in [0.1, 0.15) is 18.1 Å². The van der Waals surface area contributed by atoms with E-state index in [0.29, 0.717) is 12.2 Å². The molecule has 1 aliphatic heterocycles. The number of benzene rings is 2. The lowest BCUT2D eigenvalue weighted by Crippen LogP contribution is -2.36. The van der Waals surface area contributed by atoms with E-state index >= 15 is 0 Å². The van der Waals surface area contributed by atoms with E-state index in [4.69, 9.17) is 9.47 Å². The minimum atomic E-state index is 0.0778. The SMILES string of the molecule is COc1ccc(OC)c(CC(=O)N2c3ccccc3CC2C)c1. The predicted molar refractivity (Wildman–Crippen MR) is 90.3 cm³/mol. The monoisotopic (exact) mass is 311 g/mol. The van der Waals surface area contributed by atoms with Crippen LogP contribution in [0.15, 0.2) is 42.5 Å². The molecule has 0 N–H and O–H groups in total. The van der Waals surface area contributed by atoms with Crippen LogP contribution in [-0.2, 0) is 17.6 Å². The Balaban J connectivity index is 1.88. The second kappa shape index (κ2) is 6.32. The first kappa shape index (κ1) is 15.4. The molecule has 0 bridgehead atoms. The van der Waals surface area contributed by atoms with Crippen molar-refractivity contribution in [2.45, 2.75) is 25.8 Å². The molecule has 4 heteroatoms. The number of fused-ring (bicyclic) bond motifs is 1. The van der Waals surface area contributed by atoms with Gasteiger partial charge in [0.05, 0.1) is 20.6 Å². The summed E-state index contributed by atoms with van der Waals surface area (Å²) >= 11 is 0. The van der Waals surface area contributed by atoms with Crippen molar-refractivity contribution in [3.8, 4) is 11.5 Å². The fourth-order valence-corrected chi connectivity index (χ4v) is 3.21. The summed E-state index contributed by atoms with van der Waals surface area (Å²) in [5.41, 5.74) is 3.09. The highest BCUT2D eigenvalue weighted by Gasteiger charge is 2.30. The molecule has 2 aromatic rings. The number of anilines is 1. The Labute approximate surface area is 136 Å². The Morgan fingerprint density at radius 2 is 1.96 bits per heavy atom. The maximum Gasteiger partial charge on any atom is 0.231 e. The molecule has 1 atom stereocenters. The average Bonchev–Trinajstić information content (AvgIpc) is 2.90. The molecule has 120 valence electrons. The second-order valence-corrected chi connectivity index (χ2v) is 5.80. The molecule has 1 unspecified atom stereocenters. The molecule has 0 spiro atoms. The van der Waals surface area contributed by atoms with Gasteiger partial charge in [-0.15, -0.1) is 0 Å². The zero-order chi connectivity index (χ0) is 16.4. The molecular formula is C19H21NO3. The van der Waals surface area contributed by atoms with Crippen LogP contribution in [0.5, 0.6) is 11.5 Å². The highest BCUT2D eigenvalue weighted by atomic mass is 16.5. The molecular weight excluding hydrogens is 290 g/mol. The zero-order valence-corrected chi connectivity index (χ0v) is 13.7. The van der Waals surface area contributed by atoms with Gasteiger partial charge in [0.1, 0.15) is 11.5 Å². The van der Waals surface area contributed by atoms with Crippen LogP contribution in [0.4, 0.5) is 5.69 Å². The van der Waals surface area contributed by atoms with Gasteiger partial charge in [-0.05, 0) is 43.2 Å². The van der Waals surface area contributed by atoms with Gasteiger partial charge in [0.25, 0.3) is 0 Å². The lowest BCUT2D eigenvalue weighted by atomic mass is 10.1. The van der Waals surface area contributed by atoms with Gasteiger partial charge >= 0.3 is 0 Å². The van der Waals surface area contributed by atoms with Crippen molar-refractivity contribution >= 4 is 11.6 Å². The number of ether oxygens (including phenoxy) is 2. The number of amides is 1. The third-order valence-corrected chi connectivity index (χ3v) is 4.31. The van der Waals surface area contributed by atoms with Gasteiger partial charge in [-0.25, -0.2) is 0 Å². The van der Waals surface area contributed by atoms with Crippen LogP contribution in [0.3, 0.4) is 0 Å². The topological polar surface area (TPSA) is 38.8 Å². The maximum absolute atomic E-state index is 12.9. The largest absolute Gasteiger partial charge is 0.497 e. The molecule has 0 aliphatic carbocycles. The van der Waals surface area contributed by atoms with Crippen LogP contribution >= 0.6 is 0 Å². The van der Waals surface area contributed by atoms with E-state index in [0.717, 1.165) is 23.4 Å². The standard InChI is InChI=1S/C19H21NO3/c1-13-10-14-6-4-5-7-17(14)20(13)19(21)12-15-11-16(22-2)8-9-18(15)23-3/h4-9,11,13H,10,12H2,1-3H3. The van der Waals surface area contributed by atoms with Crippen molar-refractivity contribution in [3.63, 3.8) is 0 Å². The quantitative estimate of drug-likeness (QED) is 0.870. The molecule has 0 saturated heterocycles. The molecule has 23 heavy (non-hydrogen) atoms. The highest BCUT2D eigenvalue weighted by molar-refractivity contribution is 5.97. The number of methoxy groups -OCH3 is 2. The molecule has 1 aliphatic rings. The summed E-state index contributed by atoms with van der Waals surface area (Å²) in [6, 6.07) is 13.8. The number of nitrogens with zero attached hydrogens (tertiary/aromatic N) is 1. The molecule has 1 heterocycles. The van der Waals surface area contributed by atoms with Crippen LogP contribution in [-0.4, -0.2) is 26.2 Å². The normalized spacial score (nSPS) is 16.1. The van der Waals surface area contributed by atoms with E-state index in [2.05, 4.69) is 13.0 Å². The summed E-state index contributed by atoms with van der Waals surface area (Å²) in [6.45, 7) is 2.08. The summed E-state index contributed by atoms with van der Waals surface area (Å²) in [4.78, 5) is 14.8. The lowest BCUT2D eigenvalue weighted by Gasteiger charge is -2.23. The van der Waals surface area contributed by atoms with E-state index in [1.165, 1.54) is 5.56 Å². The van der Waals surface area contributed by atoms with Gasteiger partial charge in [0.2, 0.25) is 5.91 Å². The van der Waals surface area contributed by atoms with E-state index in [1.54, 1.807) is 14.2 Å². The van der Waals surface area contributed by atoms with Crippen LogP contribution < -0.4 is 14.4 Å². The summed E-state index contributed by atoms with van der Waals surface area (Å²) in [6.07, 6.45) is 1.19. The first-order valence-electron chi connectivity index (χ1n) is 7.75. The number of para-hydroxylation sites is 1. The third kappa shape index (κ3) is 2.89. The van der Waals surface area contributed by atoms with Crippen LogP contribution in [0, 0.1) is 0 Å². The van der Waals surface area contributed by atoms with Crippen molar-refractivity contribution in [2.75, 3.05) is 19.1 Å². The maximum atomic E-state index is 12.9. The summed E-state index contributed by atoms with van der Waals surface area (Å²) in [5.74, 6) is 1.51. The Hall–Kier alpha value is -2.49. The molecule has 1 amide bonds. The van der Waals surface area contributed by atoms with Gasteiger partial charge in [0, 0.05) is 17.3 Å². The molecule has 0 fully saturated rings. The van der Waals surface area contributed by atoms with Crippen molar-refractivity contribution in [2.24, 2.45) is 0 Å². The van der Waals surface area contributed by atoms with Crippen molar-refractivity contribution in [3.05, 3.63) is 53.6 Å². The highest BCUT2D eigenvalue weighted by Crippen LogP contribution is 2.33. The van der Waals surface area contributed by atoms with Gasteiger partial charge < -0.3 is 14.4 Å². The number of carbonyl (C=O) groups is 1. The van der Waals surface area contributed by atoms with E-state index in [-0.39, 0.29) is 11.9 Å². The van der Waals surface area contributed by atoms with Gasteiger partial charge in [-0.2, -0.15) is 0 Å². The van der Waals surface area contributed by atoms with Crippen molar-refractivity contribution in [1.29, 1.82) is 0 Å². The van der Waals surface area contributed by atoms with Crippen molar-refractivity contribution in [1.82, 2.24) is 0 Å². The van der Waals surface area contributed by atoms with Crippen molar-refractivity contribution < 1.29 is 14.3 Å².